The molecule has 0 aliphatic heterocycles. The summed E-state index contributed by atoms with van der Waals surface area (Å²) in [7, 11) is 0. The van der Waals surface area contributed by atoms with Gasteiger partial charge in [0, 0.05) is 11.9 Å². The van der Waals surface area contributed by atoms with Gasteiger partial charge in [-0.1, -0.05) is 32.9 Å². The quantitative estimate of drug-likeness (QED) is 0.544. The molecule has 0 saturated carbocycles. The van der Waals surface area contributed by atoms with Crippen LogP contribution in [0, 0.1) is 0 Å². The Kier molecular flexibility index (Phi) is 7.27. The summed E-state index contributed by atoms with van der Waals surface area (Å²) in [6, 6.07) is 0. The molecule has 0 fully saturated rings. The number of unbranched alkanes of at least 4 members (excludes halogenated alkanes) is 1. The smallest absolute Gasteiger partial charge is 0.0301 e. The lowest BCUT2D eigenvalue weighted by Crippen LogP contribution is -1.86. The zero-order valence-electron chi connectivity index (χ0n) is 9.14. The molecule has 0 N–H and O–H groups in total. The van der Waals surface area contributed by atoms with Crippen LogP contribution in [0.5, 0.6) is 0 Å². The first-order valence-corrected chi connectivity index (χ1v) is 5.09. The molecule has 0 amide bonds. The standard InChI is InChI=1S/C12H21N/c1-5-7-9-12(8-6-2)10-13-11(3)4/h8,10H,3,5-7,9H2,1-2,4H3/b12-8-,13-10?. The summed E-state index contributed by atoms with van der Waals surface area (Å²) in [4.78, 5) is 4.21. The number of hydrogen-bond acceptors (Lipinski definition) is 1. The number of hydrogen-bond donors (Lipinski definition) is 0. The van der Waals surface area contributed by atoms with Crippen LogP contribution in [-0.4, -0.2) is 6.21 Å². The van der Waals surface area contributed by atoms with E-state index in [0.717, 1.165) is 18.5 Å². The van der Waals surface area contributed by atoms with E-state index in [4.69, 9.17) is 0 Å². The van der Waals surface area contributed by atoms with Gasteiger partial charge in [-0.05, 0) is 31.8 Å². The van der Waals surface area contributed by atoms with Crippen LogP contribution in [-0.2, 0) is 0 Å². The van der Waals surface area contributed by atoms with Crippen molar-refractivity contribution < 1.29 is 0 Å². The fraction of sp³-hybridized carbons (Fsp3) is 0.583. The van der Waals surface area contributed by atoms with Gasteiger partial charge in [0.05, 0.1) is 0 Å². The molecule has 0 bridgehead atoms. The highest BCUT2D eigenvalue weighted by Gasteiger charge is 1.91. The van der Waals surface area contributed by atoms with E-state index < -0.39 is 0 Å². The lowest BCUT2D eigenvalue weighted by atomic mass is 10.1. The van der Waals surface area contributed by atoms with Gasteiger partial charge in [-0.15, -0.1) is 0 Å². The molecule has 0 aliphatic carbocycles. The molecule has 0 aliphatic rings. The number of nitrogens with zero attached hydrogens (tertiary/aromatic N) is 1. The highest BCUT2D eigenvalue weighted by molar-refractivity contribution is 5.79. The number of allylic oxidation sites excluding steroid dienone is 3. The molecule has 0 atom stereocenters. The predicted octanol–water partition coefficient (Wildman–Crippen LogP) is 4.12. The van der Waals surface area contributed by atoms with E-state index in [9.17, 15) is 0 Å². The first-order chi connectivity index (χ1) is 6.20. The van der Waals surface area contributed by atoms with Gasteiger partial charge in [0.2, 0.25) is 0 Å². The van der Waals surface area contributed by atoms with E-state index in [-0.39, 0.29) is 0 Å². The van der Waals surface area contributed by atoms with Crippen molar-refractivity contribution in [2.24, 2.45) is 4.99 Å². The van der Waals surface area contributed by atoms with Crippen molar-refractivity contribution >= 4 is 6.21 Å². The zero-order valence-corrected chi connectivity index (χ0v) is 9.14. The third-order valence-electron chi connectivity index (χ3n) is 1.74. The summed E-state index contributed by atoms with van der Waals surface area (Å²) in [5, 5.41) is 0. The molecule has 0 unspecified atom stereocenters. The van der Waals surface area contributed by atoms with Gasteiger partial charge in [0.15, 0.2) is 0 Å². The van der Waals surface area contributed by atoms with Crippen LogP contribution in [0.2, 0.25) is 0 Å². The fourth-order valence-corrected chi connectivity index (χ4v) is 1.06. The molecule has 74 valence electrons. The molecule has 0 heterocycles. The topological polar surface area (TPSA) is 12.4 Å². The van der Waals surface area contributed by atoms with Gasteiger partial charge >= 0.3 is 0 Å². The van der Waals surface area contributed by atoms with Crippen molar-refractivity contribution in [3.05, 3.63) is 23.9 Å². The van der Waals surface area contributed by atoms with Crippen LogP contribution in [0.1, 0.15) is 46.5 Å². The van der Waals surface area contributed by atoms with Gasteiger partial charge in [-0.3, -0.25) is 4.99 Å². The van der Waals surface area contributed by atoms with E-state index in [2.05, 4.69) is 31.5 Å². The second-order valence-electron chi connectivity index (χ2n) is 3.28. The minimum atomic E-state index is 0.874. The zero-order chi connectivity index (χ0) is 10.1. The maximum absolute atomic E-state index is 4.21. The second kappa shape index (κ2) is 7.78. The van der Waals surface area contributed by atoms with Crippen LogP contribution in [0.4, 0.5) is 0 Å². The number of aliphatic imine (C=N–C) groups is 1. The van der Waals surface area contributed by atoms with Crippen molar-refractivity contribution in [3.8, 4) is 0 Å². The van der Waals surface area contributed by atoms with Gasteiger partial charge in [0.25, 0.3) is 0 Å². The Morgan fingerprint density at radius 2 is 2.08 bits per heavy atom. The molecule has 1 heteroatoms. The molecule has 0 aromatic rings. The van der Waals surface area contributed by atoms with Crippen LogP contribution < -0.4 is 0 Å². The van der Waals surface area contributed by atoms with Crippen molar-refractivity contribution in [1.82, 2.24) is 0 Å². The van der Waals surface area contributed by atoms with Crippen LogP contribution in [0.15, 0.2) is 28.9 Å². The van der Waals surface area contributed by atoms with Gasteiger partial charge in [-0.2, -0.15) is 0 Å². The van der Waals surface area contributed by atoms with Gasteiger partial charge in [0.1, 0.15) is 0 Å². The first-order valence-electron chi connectivity index (χ1n) is 5.09. The lowest BCUT2D eigenvalue weighted by molar-refractivity contribution is 0.801. The normalized spacial score (nSPS) is 12.4. The summed E-state index contributed by atoms with van der Waals surface area (Å²) in [6.45, 7) is 10.0. The van der Waals surface area contributed by atoms with E-state index in [1.807, 2.05) is 13.1 Å². The largest absolute Gasteiger partial charge is 0.262 e. The molecular formula is C12H21N. The van der Waals surface area contributed by atoms with E-state index in [0.29, 0.717) is 0 Å². The Balaban J connectivity index is 4.10. The third-order valence-corrected chi connectivity index (χ3v) is 1.74. The van der Waals surface area contributed by atoms with E-state index in [1.165, 1.54) is 18.4 Å². The Morgan fingerprint density at radius 1 is 1.38 bits per heavy atom. The van der Waals surface area contributed by atoms with Gasteiger partial charge < -0.3 is 0 Å². The molecule has 0 aromatic carbocycles. The second-order valence-corrected chi connectivity index (χ2v) is 3.28. The van der Waals surface area contributed by atoms with Crippen LogP contribution >= 0.6 is 0 Å². The lowest BCUT2D eigenvalue weighted by Gasteiger charge is -1.99. The first kappa shape index (κ1) is 12.2. The highest BCUT2D eigenvalue weighted by Crippen LogP contribution is 2.06. The summed E-state index contributed by atoms with van der Waals surface area (Å²) >= 11 is 0. The molecule has 0 aromatic heterocycles. The Labute approximate surface area is 82.3 Å². The predicted molar refractivity (Wildman–Crippen MR) is 61.2 cm³/mol. The van der Waals surface area contributed by atoms with Crippen LogP contribution in [0.25, 0.3) is 0 Å². The molecule has 0 spiro atoms. The molecule has 0 rings (SSSR count). The minimum absolute atomic E-state index is 0.874. The van der Waals surface area contributed by atoms with Crippen LogP contribution in [0.3, 0.4) is 0 Å². The highest BCUT2D eigenvalue weighted by atomic mass is 14.7. The van der Waals surface area contributed by atoms with Gasteiger partial charge in [-0.25, -0.2) is 0 Å². The maximum atomic E-state index is 4.21. The maximum Gasteiger partial charge on any atom is 0.0301 e. The van der Waals surface area contributed by atoms with Crippen molar-refractivity contribution in [3.63, 3.8) is 0 Å². The summed E-state index contributed by atoms with van der Waals surface area (Å²) in [5.74, 6) is 0. The average molecular weight is 179 g/mol. The summed E-state index contributed by atoms with van der Waals surface area (Å²) in [5.41, 5.74) is 2.21. The number of rotatable bonds is 6. The van der Waals surface area contributed by atoms with Crippen molar-refractivity contribution in [2.75, 3.05) is 0 Å². The molecule has 1 nitrogen and oxygen atoms in total. The Bertz CT molecular complexity index is 199. The van der Waals surface area contributed by atoms with Crippen molar-refractivity contribution in [1.29, 1.82) is 0 Å². The SMILES string of the molecule is C=C(C)N=C/C(=C\CC)CCCC. The summed E-state index contributed by atoms with van der Waals surface area (Å²) in [6.07, 6.45) is 8.89. The Morgan fingerprint density at radius 3 is 2.54 bits per heavy atom. The monoisotopic (exact) mass is 179 g/mol. The molecular weight excluding hydrogens is 158 g/mol. The third kappa shape index (κ3) is 7.51. The minimum Gasteiger partial charge on any atom is -0.262 e. The average Bonchev–Trinajstić information content (AvgIpc) is 2.09. The molecule has 0 radical (unpaired) electrons. The molecule has 13 heavy (non-hydrogen) atoms. The Hall–Kier alpha value is -0.850. The van der Waals surface area contributed by atoms with Crippen molar-refractivity contribution in [2.45, 2.75) is 46.5 Å². The molecule has 0 saturated heterocycles. The van der Waals surface area contributed by atoms with E-state index >= 15 is 0 Å². The van der Waals surface area contributed by atoms with E-state index in [1.54, 1.807) is 0 Å². The summed E-state index contributed by atoms with van der Waals surface area (Å²) < 4.78 is 0. The fourth-order valence-electron chi connectivity index (χ4n) is 1.06.